The molecule has 3 heteroatoms. The maximum atomic E-state index is 6.06. The maximum Gasteiger partial charge on any atom is 0.0602 e. The van der Waals surface area contributed by atoms with Gasteiger partial charge in [-0.2, -0.15) is 0 Å². The lowest BCUT2D eigenvalue weighted by Crippen LogP contribution is -2.45. The molecule has 1 rings (SSSR count). The number of piperidine rings is 1. The summed E-state index contributed by atoms with van der Waals surface area (Å²) in [5, 5.41) is 0. The van der Waals surface area contributed by atoms with Crippen LogP contribution in [0.15, 0.2) is 0 Å². The molecule has 0 aliphatic carbocycles. The van der Waals surface area contributed by atoms with Crippen LogP contribution in [-0.2, 0) is 9.47 Å². The summed E-state index contributed by atoms with van der Waals surface area (Å²) in [7, 11) is 0. The first-order valence-corrected chi connectivity index (χ1v) is 8.25. The van der Waals surface area contributed by atoms with E-state index < -0.39 is 0 Å². The van der Waals surface area contributed by atoms with Gasteiger partial charge in [0.25, 0.3) is 0 Å². The summed E-state index contributed by atoms with van der Waals surface area (Å²) < 4.78 is 11.7. The third kappa shape index (κ3) is 7.61. The van der Waals surface area contributed by atoms with Gasteiger partial charge in [0.05, 0.1) is 18.8 Å². The van der Waals surface area contributed by atoms with Gasteiger partial charge in [0.2, 0.25) is 0 Å². The first-order chi connectivity index (χ1) is 9.28. The highest BCUT2D eigenvalue weighted by atomic mass is 16.5. The molecule has 0 bridgehead atoms. The molecule has 0 spiro atoms. The maximum absolute atomic E-state index is 6.06. The second-order valence-electron chi connectivity index (χ2n) is 7.63. The summed E-state index contributed by atoms with van der Waals surface area (Å²) in [5.41, 5.74) is 0.375. The van der Waals surface area contributed by atoms with Gasteiger partial charge in [-0.3, -0.25) is 4.90 Å². The summed E-state index contributed by atoms with van der Waals surface area (Å²) in [5.74, 6) is 0. The van der Waals surface area contributed by atoms with E-state index in [1.54, 1.807) is 0 Å². The highest BCUT2D eigenvalue weighted by Gasteiger charge is 2.25. The molecular formula is C17H35NO2. The van der Waals surface area contributed by atoms with Crippen LogP contribution in [0.5, 0.6) is 0 Å². The number of likely N-dealkylation sites (tertiary alicyclic amines) is 1. The lowest BCUT2D eigenvalue weighted by atomic mass is 9.93. The zero-order chi connectivity index (χ0) is 15.2. The smallest absolute Gasteiger partial charge is 0.0602 e. The number of hydrogen-bond donors (Lipinski definition) is 0. The van der Waals surface area contributed by atoms with Crippen LogP contribution in [0.2, 0.25) is 0 Å². The van der Waals surface area contributed by atoms with E-state index in [0.29, 0.717) is 23.7 Å². The largest absolute Gasteiger partial charge is 0.378 e. The number of nitrogens with zero attached hydrogens (tertiary/aromatic N) is 1. The van der Waals surface area contributed by atoms with Gasteiger partial charge in [-0.15, -0.1) is 0 Å². The van der Waals surface area contributed by atoms with E-state index >= 15 is 0 Å². The molecule has 1 saturated heterocycles. The molecule has 20 heavy (non-hydrogen) atoms. The first kappa shape index (κ1) is 17.9. The third-order valence-electron chi connectivity index (χ3n) is 4.00. The molecule has 3 nitrogen and oxygen atoms in total. The van der Waals surface area contributed by atoms with Gasteiger partial charge >= 0.3 is 0 Å². The van der Waals surface area contributed by atoms with Crippen LogP contribution in [0.4, 0.5) is 0 Å². The SMILES string of the molecule is CC(C)OCCN1CC[C@@H](OCCC(C)(C)C)C[C@@H]1C. The Balaban J connectivity index is 2.18. The molecule has 1 heterocycles. The topological polar surface area (TPSA) is 21.7 Å². The number of rotatable bonds is 7. The van der Waals surface area contributed by atoms with Gasteiger partial charge in [0.1, 0.15) is 0 Å². The van der Waals surface area contributed by atoms with Gasteiger partial charge in [0, 0.05) is 25.7 Å². The summed E-state index contributed by atoms with van der Waals surface area (Å²) in [6, 6.07) is 0.610. The normalized spacial score (nSPS) is 25.4. The van der Waals surface area contributed by atoms with Crippen molar-refractivity contribution in [3.05, 3.63) is 0 Å². The van der Waals surface area contributed by atoms with Gasteiger partial charge in [-0.25, -0.2) is 0 Å². The van der Waals surface area contributed by atoms with E-state index in [1.807, 2.05) is 0 Å². The average molecular weight is 285 g/mol. The van der Waals surface area contributed by atoms with Crippen molar-refractivity contribution in [3.63, 3.8) is 0 Å². The predicted molar refractivity (Wildman–Crippen MR) is 85.2 cm³/mol. The molecule has 0 aromatic rings. The van der Waals surface area contributed by atoms with Gasteiger partial charge < -0.3 is 9.47 Å². The van der Waals surface area contributed by atoms with Crippen LogP contribution in [-0.4, -0.2) is 49.5 Å². The van der Waals surface area contributed by atoms with Crippen LogP contribution in [0.25, 0.3) is 0 Å². The molecule has 0 unspecified atom stereocenters. The molecule has 120 valence electrons. The van der Waals surface area contributed by atoms with Crippen LogP contribution in [0, 0.1) is 5.41 Å². The number of ether oxygens (including phenoxy) is 2. The molecule has 0 amide bonds. The van der Waals surface area contributed by atoms with E-state index in [9.17, 15) is 0 Å². The highest BCUT2D eigenvalue weighted by molar-refractivity contribution is 4.79. The van der Waals surface area contributed by atoms with Crippen LogP contribution >= 0.6 is 0 Å². The standard InChI is InChI=1S/C17H35NO2/c1-14(2)19-12-10-18-9-7-16(13-15(18)3)20-11-8-17(4,5)6/h14-16H,7-13H2,1-6H3/t15-,16+/m0/s1. The van der Waals surface area contributed by atoms with E-state index in [0.717, 1.165) is 45.6 Å². The molecule has 1 aliphatic heterocycles. The minimum atomic E-state index is 0.337. The van der Waals surface area contributed by atoms with Gasteiger partial charge in [-0.05, 0) is 45.4 Å². The minimum Gasteiger partial charge on any atom is -0.378 e. The summed E-state index contributed by atoms with van der Waals surface area (Å²) in [6.45, 7) is 17.3. The molecule has 2 atom stereocenters. The fourth-order valence-electron chi connectivity index (χ4n) is 2.60. The summed E-state index contributed by atoms with van der Waals surface area (Å²) in [4.78, 5) is 2.53. The van der Waals surface area contributed by atoms with Crippen molar-refractivity contribution in [2.24, 2.45) is 5.41 Å². The Labute approximate surface area is 126 Å². The van der Waals surface area contributed by atoms with Crippen LogP contribution in [0.1, 0.15) is 60.8 Å². The van der Waals surface area contributed by atoms with E-state index in [1.165, 1.54) is 0 Å². The van der Waals surface area contributed by atoms with E-state index in [-0.39, 0.29) is 0 Å². The summed E-state index contributed by atoms with van der Waals surface area (Å²) in [6.07, 6.45) is 4.25. The predicted octanol–water partition coefficient (Wildman–Crippen LogP) is 3.72. The zero-order valence-electron chi connectivity index (χ0n) is 14.4. The lowest BCUT2D eigenvalue weighted by Gasteiger charge is -2.37. The fraction of sp³-hybridized carbons (Fsp3) is 1.00. The average Bonchev–Trinajstić information content (AvgIpc) is 2.30. The van der Waals surface area contributed by atoms with Gasteiger partial charge in [0.15, 0.2) is 0 Å². The molecule has 0 aromatic heterocycles. The second kappa shape index (κ2) is 8.35. The molecule has 0 radical (unpaired) electrons. The lowest BCUT2D eigenvalue weighted by molar-refractivity contribution is -0.0291. The Kier molecular flexibility index (Phi) is 7.49. The highest BCUT2D eigenvalue weighted by Crippen LogP contribution is 2.22. The Bertz CT molecular complexity index is 260. The quantitative estimate of drug-likeness (QED) is 0.711. The Hall–Kier alpha value is -0.120. The van der Waals surface area contributed by atoms with Crippen molar-refractivity contribution < 1.29 is 9.47 Å². The van der Waals surface area contributed by atoms with Crippen molar-refractivity contribution in [2.75, 3.05) is 26.3 Å². The third-order valence-corrected chi connectivity index (χ3v) is 4.00. The van der Waals surface area contributed by atoms with Crippen molar-refractivity contribution in [2.45, 2.75) is 79.1 Å². The van der Waals surface area contributed by atoms with Crippen molar-refractivity contribution >= 4 is 0 Å². The summed E-state index contributed by atoms with van der Waals surface area (Å²) >= 11 is 0. The van der Waals surface area contributed by atoms with E-state index in [4.69, 9.17) is 9.47 Å². The molecule has 0 aromatic carbocycles. The fourth-order valence-corrected chi connectivity index (χ4v) is 2.60. The molecular weight excluding hydrogens is 250 g/mol. The molecule has 1 aliphatic rings. The molecule has 0 saturated carbocycles. The van der Waals surface area contributed by atoms with Crippen LogP contribution < -0.4 is 0 Å². The first-order valence-electron chi connectivity index (χ1n) is 8.25. The Morgan fingerprint density at radius 3 is 2.45 bits per heavy atom. The monoisotopic (exact) mass is 285 g/mol. The van der Waals surface area contributed by atoms with Gasteiger partial charge in [-0.1, -0.05) is 20.8 Å². The molecule has 0 N–H and O–H groups in total. The Morgan fingerprint density at radius 2 is 1.90 bits per heavy atom. The Morgan fingerprint density at radius 1 is 1.20 bits per heavy atom. The van der Waals surface area contributed by atoms with Crippen molar-refractivity contribution in [3.8, 4) is 0 Å². The van der Waals surface area contributed by atoms with Crippen LogP contribution in [0.3, 0.4) is 0 Å². The van der Waals surface area contributed by atoms with Crippen molar-refractivity contribution in [1.82, 2.24) is 4.90 Å². The van der Waals surface area contributed by atoms with Crippen molar-refractivity contribution in [1.29, 1.82) is 0 Å². The minimum absolute atomic E-state index is 0.337. The van der Waals surface area contributed by atoms with E-state index in [2.05, 4.69) is 46.4 Å². The second-order valence-corrected chi connectivity index (χ2v) is 7.63. The zero-order valence-corrected chi connectivity index (χ0v) is 14.4. The molecule has 1 fully saturated rings. The number of hydrogen-bond acceptors (Lipinski definition) is 3.